The topological polar surface area (TPSA) is 61.5 Å². The molecule has 0 bridgehead atoms. The van der Waals surface area contributed by atoms with Crippen LogP contribution in [0.2, 0.25) is 0 Å². The van der Waals surface area contributed by atoms with Crippen LogP contribution in [0, 0.1) is 5.92 Å². The van der Waals surface area contributed by atoms with E-state index in [1.807, 2.05) is 0 Å². The number of likely N-dealkylation sites (tertiary alicyclic amines) is 1. The number of halogens is 3. The van der Waals surface area contributed by atoms with Gasteiger partial charge in [0, 0.05) is 38.8 Å². The molecule has 0 saturated carbocycles. The van der Waals surface area contributed by atoms with Gasteiger partial charge in [0.1, 0.15) is 0 Å². The van der Waals surface area contributed by atoms with Crippen molar-refractivity contribution in [3.8, 4) is 0 Å². The minimum Gasteiger partial charge on any atom is -0.396 e. The molecule has 0 amide bonds. The second-order valence-electron chi connectivity index (χ2n) is 4.86. The second-order valence-corrected chi connectivity index (χ2v) is 4.86. The normalized spacial score (nSPS) is 26.5. The first-order valence-electron chi connectivity index (χ1n) is 6.28. The summed E-state index contributed by atoms with van der Waals surface area (Å²) in [5, 5.41) is 11.5. The fourth-order valence-electron chi connectivity index (χ4n) is 2.47. The fourth-order valence-corrected chi connectivity index (χ4v) is 2.47. The highest BCUT2D eigenvalue weighted by molar-refractivity contribution is 4.84. The van der Waals surface area contributed by atoms with Gasteiger partial charge in [0.15, 0.2) is 0 Å². The van der Waals surface area contributed by atoms with Gasteiger partial charge in [0.05, 0.1) is 6.54 Å². The summed E-state index contributed by atoms with van der Waals surface area (Å²) < 4.78 is 36.5. The van der Waals surface area contributed by atoms with Crippen molar-refractivity contribution < 1.29 is 18.3 Å². The number of piperidine rings is 1. The zero-order valence-electron chi connectivity index (χ0n) is 10.4. The molecule has 4 nitrogen and oxygen atoms in total. The Morgan fingerprint density at radius 2 is 2.06 bits per heavy atom. The molecule has 0 radical (unpaired) electrons. The largest absolute Gasteiger partial charge is 0.401 e. The molecule has 108 valence electrons. The van der Waals surface area contributed by atoms with E-state index in [4.69, 9.17) is 10.8 Å². The Kier molecular flexibility index (Phi) is 6.34. The van der Waals surface area contributed by atoms with Crippen LogP contribution in [-0.4, -0.2) is 61.6 Å². The molecule has 1 saturated heterocycles. The summed E-state index contributed by atoms with van der Waals surface area (Å²) in [5.41, 5.74) is 5.48. The van der Waals surface area contributed by atoms with Crippen LogP contribution in [0.1, 0.15) is 12.8 Å². The number of nitrogens with two attached hydrogens (primary N) is 1. The lowest BCUT2D eigenvalue weighted by molar-refractivity contribution is -0.127. The zero-order valence-corrected chi connectivity index (χ0v) is 10.4. The summed E-state index contributed by atoms with van der Waals surface area (Å²) >= 11 is 0. The van der Waals surface area contributed by atoms with Crippen molar-refractivity contribution in [3.63, 3.8) is 0 Å². The molecular formula is C11H22F3N3O. The maximum Gasteiger partial charge on any atom is 0.401 e. The lowest BCUT2D eigenvalue weighted by Crippen LogP contribution is -2.52. The van der Waals surface area contributed by atoms with E-state index in [1.54, 1.807) is 0 Å². The lowest BCUT2D eigenvalue weighted by Gasteiger charge is -2.38. The maximum atomic E-state index is 12.2. The van der Waals surface area contributed by atoms with Gasteiger partial charge in [-0.05, 0) is 18.8 Å². The van der Waals surface area contributed by atoms with Gasteiger partial charge in [-0.1, -0.05) is 0 Å². The van der Waals surface area contributed by atoms with Crippen molar-refractivity contribution in [2.45, 2.75) is 25.1 Å². The van der Waals surface area contributed by atoms with E-state index in [-0.39, 0.29) is 18.6 Å². The minimum absolute atomic E-state index is 0.0765. The summed E-state index contributed by atoms with van der Waals surface area (Å²) in [6.45, 7) is 1.70. The molecule has 1 fully saturated rings. The van der Waals surface area contributed by atoms with Crippen LogP contribution < -0.4 is 11.1 Å². The molecule has 1 aliphatic rings. The van der Waals surface area contributed by atoms with Crippen molar-refractivity contribution in [1.29, 1.82) is 0 Å². The Bertz CT molecular complexity index is 224. The monoisotopic (exact) mass is 269 g/mol. The van der Waals surface area contributed by atoms with E-state index in [1.165, 1.54) is 0 Å². The van der Waals surface area contributed by atoms with Crippen LogP contribution in [0.25, 0.3) is 0 Å². The molecule has 7 heteroatoms. The van der Waals surface area contributed by atoms with Crippen LogP contribution in [0.3, 0.4) is 0 Å². The molecule has 0 spiro atoms. The Labute approximate surface area is 105 Å². The van der Waals surface area contributed by atoms with Gasteiger partial charge < -0.3 is 21.1 Å². The molecule has 0 aromatic carbocycles. The highest BCUT2D eigenvalue weighted by Gasteiger charge is 2.31. The van der Waals surface area contributed by atoms with Crippen LogP contribution in [0.4, 0.5) is 13.2 Å². The first-order valence-corrected chi connectivity index (χ1v) is 6.28. The zero-order chi connectivity index (χ0) is 13.6. The predicted molar refractivity (Wildman–Crippen MR) is 63.1 cm³/mol. The number of hydrogen-bond donors (Lipinski definition) is 3. The number of aliphatic hydroxyl groups is 1. The number of alkyl halides is 3. The first kappa shape index (κ1) is 15.7. The quantitative estimate of drug-likeness (QED) is 0.643. The Hall–Kier alpha value is -0.370. The molecule has 18 heavy (non-hydrogen) atoms. The van der Waals surface area contributed by atoms with Crippen LogP contribution >= 0.6 is 0 Å². The molecule has 0 aromatic heterocycles. The predicted octanol–water partition coefficient (Wildman–Crippen LogP) is 0.170. The van der Waals surface area contributed by atoms with Gasteiger partial charge in [0.25, 0.3) is 0 Å². The highest BCUT2D eigenvalue weighted by Crippen LogP contribution is 2.21. The molecule has 0 aromatic rings. The van der Waals surface area contributed by atoms with E-state index >= 15 is 0 Å². The molecule has 1 heterocycles. The van der Waals surface area contributed by atoms with E-state index in [2.05, 4.69) is 10.2 Å². The summed E-state index contributed by atoms with van der Waals surface area (Å²) in [7, 11) is 0. The molecule has 2 unspecified atom stereocenters. The van der Waals surface area contributed by atoms with Crippen molar-refractivity contribution in [2.24, 2.45) is 11.7 Å². The number of nitrogens with one attached hydrogen (secondary N) is 1. The Morgan fingerprint density at radius 3 is 2.61 bits per heavy atom. The lowest BCUT2D eigenvalue weighted by atomic mass is 9.91. The third-order valence-electron chi connectivity index (χ3n) is 3.19. The molecule has 2 atom stereocenters. The van der Waals surface area contributed by atoms with E-state index < -0.39 is 12.7 Å². The standard InChI is InChI=1S/C11H22F3N3O/c12-11(13,14)8-16-10-5-9(1-4-18)6-17(7-10)3-2-15/h9-10,16,18H,1-8,15H2. The number of hydrogen-bond acceptors (Lipinski definition) is 4. The van der Waals surface area contributed by atoms with Crippen molar-refractivity contribution in [1.82, 2.24) is 10.2 Å². The van der Waals surface area contributed by atoms with Crippen molar-refractivity contribution in [3.05, 3.63) is 0 Å². The van der Waals surface area contributed by atoms with Gasteiger partial charge in [0.2, 0.25) is 0 Å². The average Bonchev–Trinajstić information content (AvgIpc) is 2.26. The summed E-state index contributed by atoms with van der Waals surface area (Å²) in [6, 6.07) is -0.177. The number of nitrogens with zero attached hydrogens (tertiary/aromatic N) is 1. The van der Waals surface area contributed by atoms with E-state index in [0.29, 0.717) is 32.5 Å². The Balaban J connectivity index is 2.44. The average molecular weight is 269 g/mol. The smallest absolute Gasteiger partial charge is 0.396 e. The van der Waals surface area contributed by atoms with Gasteiger partial charge in [-0.25, -0.2) is 0 Å². The van der Waals surface area contributed by atoms with E-state index in [0.717, 1.165) is 6.54 Å². The summed E-state index contributed by atoms with van der Waals surface area (Å²) in [6.07, 6.45) is -2.87. The van der Waals surface area contributed by atoms with Gasteiger partial charge >= 0.3 is 6.18 Å². The fraction of sp³-hybridized carbons (Fsp3) is 1.00. The SMILES string of the molecule is NCCN1CC(CCO)CC(NCC(F)(F)F)C1. The molecule has 4 N–H and O–H groups in total. The number of rotatable bonds is 6. The Morgan fingerprint density at radius 1 is 1.33 bits per heavy atom. The molecular weight excluding hydrogens is 247 g/mol. The van der Waals surface area contributed by atoms with E-state index in [9.17, 15) is 13.2 Å². The van der Waals surface area contributed by atoms with Crippen molar-refractivity contribution >= 4 is 0 Å². The van der Waals surface area contributed by atoms with Crippen LogP contribution in [0.15, 0.2) is 0 Å². The van der Waals surface area contributed by atoms with Crippen LogP contribution in [0.5, 0.6) is 0 Å². The highest BCUT2D eigenvalue weighted by atomic mass is 19.4. The van der Waals surface area contributed by atoms with Gasteiger partial charge in [-0.2, -0.15) is 13.2 Å². The van der Waals surface area contributed by atoms with Gasteiger partial charge in [-0.15, -0.1) is 0 Å². The maximum absolute atomic E-state index is 12.2. The summed E-state index contributed by atoms with van der Waals surface area (Å²) in [4.78, 5) is 2.07. The first-order chi connectivity index (χ1) is 8.44. The molecule has 1 aliphatic heterocycles. The van der Waals surface area contributed by atoms with Crippen LogP contribution in [-0.2, 0) is 0 Å². The van der Waals surface area contributed by atoms with Gasteiger partial charge in [-0.3, -0.25) is 0 Å². The summed E-state index contributed by atoms with van der Waals surface area (Å²) in [5.74, 6) is 0.237. The second kappa shape index (κ2) is 7.28. The molecule has 1 rings (SSSR count). The minimum atomic E-state index is -4.18. The number of aliphatic hydroxyl groups excluding tert-OH is 1. The molecule has 0 aliphatic carbocycles. The van der Waals surface area contributed by atoms with Crippen molar-refractivity contribution in [2.75, 3.05) is 39.3 Å². The third kappa shape index (κ3) is 5.99. The third-order valence-corrected chi connectivity index (χ3v) is 3.19.